The van der Waals surface area contributed by atoms with Crippen LogP contribution < -0.4 is 5.32 Å². The van der Waals surface area contributed by atoms with Crippen LogP contribution in [0.25, 0.3) is 0 Å². The van der Waals surface area contributed by atoms with Crippen molar-refractivity contribution in [1.82, 2.24) is 9.62 Å². The lowest BCUT2D eigenvalue weighted by molar-refractivity contribution is -0.126. The molecule has 6 nitrogen and oxygen atoms in total. The Morgan fingerprint density at radius 1 is 1.14 bits per heavy atom. The van der Waals surface area contributed by atoms with Crippen LogP contribution in [0.4, 0.5) is 0 Å². The van der Waals surface area contributed by atoms with Crippen molar-refractivity contribution in [3.05, 3.63) is 64.7 Å². The van der Waals surface area contributed by atoms with Crippen LogP contribution in [-0.2, 0) is 32.7 Å². The van der Waals surface area contributed by atoms with E-state index in [2.05, 4.69) is 5.32 Å². The minimum atomic E-state index is -3.56. The zero-order valence-electron chi connectivity index (χ0n) is 16.3. The lowest BCUT2D eigenvalue weighted by atomic mass is 9.97. The highest BCUT2D eigenvalue weighted by molar-refractivity contribution is 7.89. The number of amides is 1. The van der Waals surface area contributed by atoms with Crippen molar-refractivity contribution >= 4 is 27.5 Å². The number of methoxy groups -OCH3 is 1. The lowest BCUT2D eigenvalue weighted by Gasteiger charge is -2.30. The highest BCUT2D eigenvalue weighted by atomic mass is 35.5. The summed E-state index contributed by atoms with van der Waals surface area (Å²) in [7, 11) is -1.92. The summed E-state index contributed by atoms with van der Waals surface area (Å²) in [6.45, 7) is 1.63. The van der Waals surface area contributed by atoms with Gasteiger partial charge in [0.15, 0.2) is 0 Å². The lowest BCUT2D eigenvalue weighted by Crippen LogP contribution is -2.42. The summed E-state index contributed by atoms with van der Waals surface area (Å²) in [6.07, 6.45) is 1.00. The number of hydrogen-bond acceptors (Lipinski definition) is 4. The van der Waals surface area contributed by atoms with E-state index in [0.29, 0.717) is 44.1 Å². The Morgan fingerprint density at radius 3 is 2.45 bits per heavy atom. The zero-order chi connectivity index (χ0) is 20.9. The second-order valence-corrected chi connectivity index (χ2v) is 9.48. The molecule has 8 heteroatoms. The maximum absolute atomic E-state index is 12.7. The molecule has 0 bridgehead atoms. The Bertz CT molecular complexity index is 939. The largest absolute Gasteiger partial charge is 0.380 e. The van der Waals surface area contributed by atoms with Crippen LogP contribution in [0.3, 0.4) is 0 Å². The molecule has 0 atom stereocenters. The Labute approximate surface area is 176 Å². The molecule has 1 heterocycles. The van der Waals surface area contributed by atoms with Gasteiger partial charge >= 0.3 is 0 Å². The molecule has 0 spiro atoms. The van der Waals surface area contributed by atoms with Gasteiger partial charge in [0.05, 0.1) is 11.5 Å². The molecule has 1 fully saturated rings. The molecule has 0 aromatic heterocycles. The minimum Gasteiger partial charge on any atom is -0.380 e. The van der Waals surface area contributed by atoms with Gasteiger partial charge in [-0.3, -0.25) is 4.79 Å². The van der Waals surface area contributed by atoms with Gasteiger partial charge in [0.1, 0.15) is 0 Å². The highest BCUT2D eigenvalue weighted by Crippen LogP contribution is 2.25. The number of halogens is 1. The SMILES string of the molecule is COCc1cccc(CNC(=O)C2CCN(S(=O)(=O)c3ccc(Cl)cc3)CC2)c1. The molecular weight excluding hydrogens is 412 g/mol. The summed E-state index contributed by atoms with van der Waals surface area (Å²) in [5, 5.41) is 3.46. The molecule has 2 aromatic rings. The summed E-state index contributed by atoms with van der Waals surface area (Å²) < 4.78 is 32.1. The quantitative estimate of drug-likeness (QED) is 0.723. The number of rotatable bonds is 7. The number of nitrogens with zero attached hydrogens (tertiary/aromatic N) is 1. The first-order chi connectivity index (χ1) is 13.9. The van der Waals surface area contributed by atoms with Gasteiger partial charge in [-0.1, -0.05) is 35.9 Å². The fourth-order valence-electron chi connectivity index (χ4n) is 3.44. The molecule has 1 saturated heterocycles. The highest BCUT2D eigenvalue weighted by Gasteiger charge is 2.31. The molecule has 1 aliphatic heterocycles. The number of carbonyl (C=O) groups is 1. The molecule has 156 valence electrons. The van der Waals surface area contributed by atoms with Crippen LogP contribution in [0.2, 0.25) is 5.02 Å². The summed E-state index contributed by atoms with van der Waals surface area (Å²) in [4.78, 5) is 12.8. The smallest absolute Gasteiger partial charge is 0.243 e. The molecule has 0 unspecified atom stereocenters. The van der Waals surface area contributed by atoms with Crippen LogP contribution in [0.1, 0.15) is 24.0 Å². The predicted octanol–water partition coefficient (Wildman–Crippen LogP) is 3.20. The standard InChI is InChI=1S/C21H25ClN2O4S/c1-28-15-17-4-2-3-16(13-17)14-23-21(25)18-9-11-24(12-10-18)29(26,27)20-7-5-19(22)6-8-20/h2-8,13,18H,9-12,14-15H2,1H3,(H,23,25). The van der Waals surface area contributed by atoms with Gasteiger partial charge in [0.2, 0.25) is 15.9 Å². The average Bonchev–Trinajstić information content (AvgIpc) is 2.73. The van der Waals surface area contributed by atoms with E-state index in [1.807, 2.05) is 24.3 Å². The summed E-state index contributed by atoms with van der Waals surface area (Å²) in [5.41, 5.74) is 2.07. The predicted molar refractivity (Wildman–Crippen MR) is 112 cm³/mol. The molecule has 0 aliphatic carbocycles. The monoisotopic (exact) mass is 436 g/mol. The van der Waals surface area contributed by atoms with Crippen molar-refractivity contribution in [2.75, 3.05) is 20.2 Å². The van der Waals surface area contributed by atoms with E-state index in [9.17, 15) is 13.2 Å². The van der Waals surface area contributed by atoms with Crippen molar-refractivity contribution in [3.8, 4) is 0 Å². The van der Waals surface area contributed by atoms with E-state index in [1.54, 1.807) is 19.2 Å². The maximum Gasteiger partial charge on any atom is 0.243 e. The molecule has 3 rings (SSSR count). The molecule has 1 aliphatic rings. The van der Waals surface area contributed by atoms with Crippen LogP contribution in [-0.4, -0.2) is 38.8 Å². The first kappa shape index (κ1) is 21.8. The number of benzene rings is 2. The summed E-state index contributed by atoms with van der Waals surface area (Å²) >= 11 is 5.84. The van der Waals surface area contributed by atoms with Crippen LogP contribution >= 0.6 is 11.6 Å². The van der Waals surface area contributed by atoms with Crippen molar-refractivity contribution in [1.29, 1.82) is 0 Å². The fourth-order valence-corrected chi connectivity index (χ4v) is 5.04. The third kappa shape index (κ3) is 5.57. The van der Waals surface area contributed by atoms with Gasteiger partial charge in [0, 0.05) is 37.7 Å². The maximum atomic E-state index is 12.7. The summed E-state index contributed by atoms with van der Waals surface area (Å²) in [5.74, 6) is -0.223. The Balaban J connectivity index is 1.53. The average molecular weight is 437 g/mol. The number of sulfonamides is 1. The van der Waals surface area contributed by atoms with Crippen LogP contribution in [0.5, 0.6) is 0 Å². The zero-order valence-corrected chi connectivity index (χ0v) is 17.9. The number of carbonyl (C=O) groups excluding carboxylic acids is 1. The molecule has 0 radical (unpaired) electrons. The van der Waals surface area contributed by atoms with Gasteiger partial charge in [-0.25, -0.2) is 8.42 Å². The van der Waals surface area contributed by atoms with Crippen molar-refractivity contribution in [2.24, 2.45) is 5.92 Å². The molecule has 0 saturated carbocycles. The van der Waals surface area contributed by atoms with E-state index in [-0.39, 0.29) is 16.7 Å². The topological polar surface area (TPSA) is 75.7 Å². The second kappa shape index (κ2) is 9.71. The van der Waals surface area contributed by atoms with Crippen molar-refractivity contribution in [3.63, 3.8) is 0 Å². The van der Waals surface area contributed by atoms with E-state index < -0.39 is 10.0 Å². The van der Waals surface area contributed by atoms with Gasteiger partial charge in [-0.15, -0.1) is 0 Å². The second-order valence-electron chi connectivity index (χ2n) is 7.10. The molecule has 1 amide bonds. The van der Waals surface area contributed by atoms with E-state index in [4.69, 9.17) is 16.3 Å². The van der Waals surface area contributed by atoms with E-state index >= 15 is 0 Å². The number of nitrogens with one attached hydrogen (secondary N) is 1. The van der Waals surface area contributed by atoms with Crippen molar-refractivity contribution in [2.45, 2.75) is 30.9 Å². The van der Waals surface area contributed by atoms with Crippen molar-refractivity contribution < 1.29 is 17.9 Å². The third-order valence-corrected chi connectivity index (χ3v) is 7.21. The Morgan fingerprint density at radius 2 is 1.79 bits per heavy atom. The Kier molecular flexibility index (Phi) is 7.29. The van der Waals surface area contributed by atoms with E-state index in [1.165, 1.54) is 16.4 Å². The van der Waals surface area contributed by atoms with Gasteiger partial charge in [-0.05, 0) is 48.2 Å². The molecule has 29 heavy (non-hydrogen) atoms. The number of ether oxygens (including phenoxy) is 1. The summed E-state index contributed by atoms with van der Waals surface area (Å²) in [6, 6.07) is 14.0. The third-order valence-electron chi connectivity index (χ3n) is 5.05. The first-order valence-electron chi connectivity index (χ1n) is 9.50. The van der Waals surface area contributed by atoms with Gasteiger partial charge < -0.3 is 10.1 Å². The first-order valence-corrected chi connectivity index (χ1v) is 11.3. The molecule has 1 N–H and O–H groups in total. The fraction of sp³-hybridized carbons (Fsp3) is 0.381. The molecular formula is C21H25ClN2O4S. The van der Waals surface area contributed by atoms with Crippen LogP contribution in [0, 0.1) is 5.92 Å². The normalized spacial score (nSPS) is 15.9. The molecule has 2 aromatic carbocycles. The van der Waals surface area contributed by atoms with Crippen LogP contribution in [0.15, 0.2) is 53.4 Å². The number of hydrogen-bond donors (Lipinski definition) is 1. The Hall–Kier alpha value is -1.93. The minimum absolute atomic E-state index is 0.0364. The van der Waals surface area contributed by atoms with Gasteiger partial charge in [0.25, 0.3) is 0 Å². The number of piperidine rings is 1. The van der Waals surface area contributed by atoms with E-state index in [0.717, 1.165) is 11.1 Å². The van der Waals surface area contributed by atoms with Gasteiger partial charge in [-0.2, -0.15) is 4.31 Å².